The summed E-state index contributed by atoms with van der Waals surface area (Å²) in [7, 11) is 6.01. The summed E-state index contributed by atoms with van der Waals surface area (Å²) in [6.45, 7) is 0. The molecule has 0 spiro atoms. The Morgan fingerprint density at radius 3 is 1.62 bits per heavy atom. The van der Waals surface area contributed by atoms with Crippen LogP contribution in [0.4, 0.5) is 13.2 Å². The Morgan fingerprint density at radius 1 is 0.688 bits per heavy atom. The molecule has 4 rings (SSSR count). The lowest BCUT2D eigenvalue weighted by molar-refractivity contribution is -0.137. The van der Waals surface area contributed by atoms with Crippen molar-refractivity contribution in [3.63, 3.8) is 0 Å². The number of hydrogen-bond donors (Lipinski definition) is 0. The molecule has 0 aliphatic heterocycles. The Balaban J connectivity index is 2.30. The molecule has 0 amide bonds. The predicted molar refractivity (Wildman–Crippen MR) is 120 cm³/mol. The maximum atomic E-state index is 14.0. The zero-order chi connectivity index (χ0) is 23.0. The molecule has 1 heterocycles. The lowest BCUT2D eigenvalue weighted by Gasteiger charge is -2.17. The maximum absolute atomic E-state index is 14.0. The molecule has 0 aliphatic rings. The molecule has 0 aliphatic carbocycles. The van der Waals surface area contributed by atoms with E-state index in [1.54, 1.807) is 30.3 Å². The number of halogens is 3. The SMILES string of the molecule is COc1cc(OC)c2c(-c3ccccc3C(F)(F)F)c3c(OC)cc(OC)cc3[s+]c2c1. The smallest absolute Gasteiger partial charge is 0.417 e. The molecule has 1 aromatic heterocycles. The van der Waals surface area contributed by atoms with Crippen LogP contribution in [0.1, 0.15) is 5.56 Å². The number of fused-ring (bicyclic) bond motifs is 2. The quantitative estimate of drug-likeness (QED) is 0.236. The van der Waals surface area contributed by atoms with E-state index in [1.807, 2.05) is 0 Å². The Hall–Kier alpha value is -3.26. The van der Waals surface area contributed by atoms with Crippen molar-refractivity contribution >= 4 is 31.5 Å². The monoisotopic (exact) mass is 461 g/mol. The van der Waals surface area contributed by atoms with E-state index < -0.39 is 11.7 Å². The van der Waals surface area contributed by atoms with Crippen LogP contribution in [0.3, 0.4) is 0 Å². The van der Waals surface area contributed by atoms with Gasteiger partial charge in [0, 0.05) is 29.8 Å². The van der Waals surface area contributed by atoms with E-state index in [0.29, 0.717) is 48.7 Å². The fraction of sp³-hybridized carbons (Fsp3) is 0.208. The fourth-order valence-electron chi connectivity index (χ4n) is 3.80. The molecule has 32 heavy (non-hydrogen) atoms. The van der Waals surface area contributed by atoms with Crippen LogP contribution in [0.5, 0.6) is 23.0 Å². The largest absolute Gasteiger partial charge is 0.496 e. The van der Waals surface area contributed by atoms with E-state index in [1.165, 1.54) is 51.9 Å². The van der Waals surface area contributed by atoms with Crippen LogP contribution in [-0.2, 0) is 6.18 Å². The minimum Gasteiger partial charge on any atom is -0.496 e. The first-order valence-corrected chi connectivity index (χ1v) is 10.4. The van der Waals surface area contributed by atoms with Crippen LogP contribution in [0.25, 0.3) is 31.3 Å². The first-order chi connectivity index (χ1) is 15.3. The molecule has 8 heteroatoms. The average Bonchev–Trinajstić information content (AvgIpc) is 2.80. The van der Waals surface area contributed by atoms with Crippen molar-refractivity contribution in [3.05, 3.63) is 54.1 Å². The van der Waals surface area contributed by atoms with Crippen molar-refractivity contribution in [2.75, 3.05) is 28.4 Å². The molecule has 4 aromatic rings. The van der Waals surface area contributed by atoms with Gasteiger partial charge in [0.2, 0.25) is 20.7 Å². The highest BCUT2D eigenvalue weighted by Gasteiger charge is 2.36. The molecule has 0 saturated heterocycles. The summed E-state index contributed by atoms with van der Waals surface area (Å²) < 4.78 is 65.5. The van der Waals surface area contributed by atoms with Crippen LogP contribution in [0.15, 0.2) is 48.5 Å². The number of alkyl halides is 3. The molecule has 0 unspecified atom stereocenters. The first kappa shape index (κ1) is 22.0. The third-order valence-electron chi connectivity index (χ3n) is 5.21. The molecule has 3 aromatic carbocycles. The highest BCUT2D eigenvalue weighted by molar-refractivity contribution is 7.25. The van der Waals surface area contributed by atoms with Gasteiger partial charge >= 0.3 is 6.18 Å². The summed E-state index contributed by atoms with van der Waals surface area (Å²) in [5.74, 6) is 1.88. The van der Waals surface area contributed by atoms with Gasteiger partial charge < -0.3 is 18.9 Å². The van der Waals surface area contributed by atoms with Gasteiger partial charge in [-0.2, -0.15) is 13.2 Å². The van der Waals surface area contributed by atoms with E-state index in [-0.39, 0.29) is 5.56 Å². The van der Waals surface area contributed by atoms with Crippen LogP contribution < -0.4 is 18.9 Å². The van der Waals surface area contributed by atoms with Crippen molar-refractivity contribution in [3.8, 4) is 34.1 Å². The van der Waals surface area contributed by atoms with Crippen LogP contribution in [-0.4, -0.2) is 28.4 Å². The lowest BCUT2D eigenvalue weighted by atomic mass is 9.93. The molecular formula is C24H20F3O4S+. The third-order valence-corrected chi connectivity index (χ3v) is 6.30. The van der Waals surface area contributed by atoms with Gasteiger partial charge in [-0.15, -0.1) is 0 Å². The second-order valence-corrected chi connectivity index (χ2v) is 8.01. The van der Waals surface area contributed by atoms with Crippen LogP contribution >= 0.6 is 11.3 Å². The highest BCUT2D eigenvalue weighted by atomic mass is 32.1. The van der Waals surface area contributed by atoms with E-state index >= 15 is 0 Å². The van der Waals surface area contributed by atoms with Crippen LogP contribution in [0.2, 0.25) is 0 Å². The Bertz CT molecular complexity index is 1250. The number of rotatable bonds is 5. The summed E-state index contributed by atoms with van der Waals surface area (Å²) in [6, 6.07) is 12.4. The predicted octanol–water partition coefficient (Wildman–Crippen LogP) is 7.06. The minimum atomic E-state index is -4.55. The number of methoxy groups -OCH3 is 4. The van der Waals surface area contributed by atoms with E-state index in [0.717, 1.165) is 6.07 Å². The zero-order valence-electron chi connectivity index (χ0n) is 17.8. The number of hydrogen-bond acceptors (Lipinski definition) is 4. The minimum absolute atomic E-state index is 0.0368. The molecule has 166 valence electrons. The second-order valence-electron chi connectivity index (χ2n) is 6.93. The van der Waals surface area contributed by atoms with Gasteiger partial charge in [0.15, 0.2) is 0 Å². The lowest BCUT2D eigenvalue weighted by Crippen LogP contribution is -2.07. The summed E-state index contributed by atoms with van der Waals surface area (Å²) in [5, 5.41) is 1.09. The van der Waals surface area contributed by atoms with Gasteiger partial charge in [0.05, 0.1) is 44.8 Å². The summed E-state index contributed by atoms with van der Waals surface area (Å²) >= 11 is 1.39. The molecule has 0 N–H and O–H groups in total. The molecule has 0 bridgehead atoms. The maximum Gasteiger partial charge on any atom is 0.417 e. The van der Waals surface area contributed by atoms with Gasteiger partial charge in [-0.25, -0.2) is 0 Å². The van der Waals surface area contributed by atoms with Crippen molar-refractivity contribution in [1.29, 1.82) is 0 Å². The topological polar surface area (TPSA) is 36.9 Å². The van der Waals surface area contributed by atoms with Crippen molar-refractivity contribution in [2.45, 2.75) is 6.18 Å². The van der Waals surface area contributed by atoms with Crippen molar-refractivity contribution < 1.29 is 32.1 Å². The van der Waals surface area contributed by atoms with Crippen molar-refractivity contribution in [2.24, 2.45) is 0 Å². The second kappa shape index (κ2) is 8.35. The van der Waals surface area contributed by atoms with Gasteiger partial charge in [0.1, 0.15) is 23.0 Å². The summed E-state index contributed by atoms with van der Waals surface area (Å²) in [4.78, 5) is 0. The highest BCUT2D eigenvalue weighted by Crippen LogP contribution is 2.51. The molecular weight excluding hydrogens is 441 g/mol. The Morgan fingerprint density at radius 2 is 1.19 bits per heavy atom. The summed E-state index contributed by atoms with van der Waals surface area (Å²) in [5.41, 5.74) is -0.329. The van der Waals surface area contributed by atoms with Gasteiger partial charge in [0.25, 0.3) is 0 Å². The average molecular weight is 461 g/mol. The van der Waals surface area contributed by atoms with Gasteiger partial charge in [-0.1, -0.05) is 18.2 Å². The normalized spacial score (nSPS) is 11.6. The molecule has 0 saturated carbocycles. The van der Waals surface area contributed by atoms with Crippen LogP contribution in [0, 0.1) is 0 Å². The zero-order valence-corrected chi connectivity index (χ0v) is 18.6. The number of ether oxygens (including phenoxy) is 4. The molecule has 0 radical (unpaired) electrons. The molecule has 0 fully saturated rings. The number of benzene rings is 3. The Labute approximate surface area is 186 Å². The van der Waals surface area contributed by atoms with E-state index in [4.69, 9.17) is 18.9 Å². The van der Waals surface area contributed by atoms with Crippen molar-refractivity contribution in [1.82, 2.24) is 0 Å². The standard InChI is InChI=1S/C24H20F3O4S/c1-28-13-9-17(30-3)22-19(11-13)32-20-12-14(29-2)10-18(31-4)23(20)21(22)15-7-5-6-8-16(15)24(25,26)27/h5-12H,1-4H3/q+1. The van der Waals surface area contributed by atoms with E-state index in [2.05, 4.69) is 0 Å². The Kier molecular flexibility index (Phi) is 5.73. The first-order valence-electron chi connectivity index (χ1n) is 9.56. The molecule has 0 atom stereocenters. The van der Waals surface area contributed by atoms with E-state index in [9.17, 15) is 13.2 Å². The summed E-state index contributed by atoms with van der Waals surface area (Å²) in [6.07, 6.45) is -4.55. The molecule has 4 nitrogen and oxygen atoms in total. The van der Waals surface area contributed by atoms with Gasteiger partial charge in [-0.05, 0) is 11.6 Å². The van der Waals surface area contributed by atoms with Gasteiger partial charge in [-0.3, -0.25) is 0 Å². The third kappa shape index (κ3) is 3.64. The fourth-order valence-corrected chi connectivity index (χ4v) is 5.00.